The summed E-state index contributed by atoms with van der Waals surface area (Å²) < 4.78 is 40.9. The number of aryl methyl sites for hydroxylation is 1. The molecular weight excluding hydrogens is 451 g/mol. The number of anilines is 1. The SMILES string of the molecule is Cc1cccc(NC(=O)CSc2nc3ccccc3c(=O)n2-c2cccc(C(F)(F)F)c2)c1. The van der Waals surface area contributed by atoms with E-state index >= 15 is 0 Å². The Balaban J connectivity index is 1.71. The van der Waals surface area contributed by atoms with Crippen LogP contribution in [0.15, 0.2) is 82.7 Å². The van der Waals surface area contributed by atoms with Gasteiger partial charge in [-0.15, -0.1) is 0 Å². The number of amides is 1. The molecule has 0 aliphatic rings. The fourth-order valence-corrected chi connectivity index (χ4v) is 4.12. The Morgan fingerprint density at radius 2 is 1.79 bits per heavy atom. The van der Waals surface area contributed by atoms with E-state index in [1.165, 1.54) is 12.1 Å². The van der Waals surface area contributed by atoms with Crippen LogP contribution in [-0.2, 0) is 11.0 Å². The van der Waals surface area contributed by atoms with Crippen LogP contribution < -0.4 is 10.9 Å². The third-order valence-corrected chi connectivity index (χ3v) is 5.75. The van der Waals surface area contributed by atoms with Crippen LogP contribution in [0.2, 0.25) is 0 Å². The molecule has 1 N–H and O–H groups in total. The Bertz CT molecular complexity index is 1400. The molecule has 4 rings (SSSR count). The van der Waals surface area contributed by atoms with E-state index in [-0.39, 0.29) is 27.9 Å². The van der Waals surface area contributed by atoms with Gasteiger partial charge in [0.25, 0.3) is 5.56 Å². The van der Waals surface area contributed by atoms with Crippen molar-refractivity contribution in [1.82, 2.24) is 9.55 Å². The Kier molecular flexibility index (Phi) is 6.24. The molecule has 0 fully saturated rings. The van der Waals surface area contributed by atoms with E-state index in [9.17, 15) is 22.8 Å². The standard InChI is InChI=1S/C24H18F3N3O2S/c1-15-6-4-8-17(12-15)28-21(31)14-33-23-29-20-11-3-2-10-19(20)22(32)30(23)18-9-5-7-16(13-18)24(25,26)27/h2-13H,14H2,1H3,(H,28,31). The highest BCUT2D eigenvalue weighted by molar-refractivity contribution is 7.99. The summed E-state index contributed by atoms with van der Waals surface area (Å²) in [5.41, 5.74) is 0.633. The predicted molar refractivity (Wildman–Crippen MR) is 123 cm³/mol. The van der Waals surface area contributed by atoms with Gasteiger partial charge in [-0.25, -0.2) is 4.98 Å². The quantitative estimate of drug-likeness (QED) is 0.312. The molecule has 0 unspecified atom stereocenters. The van der Waals surface area contributed by atoms with Gasteiger partial charge < -0.3 is 5.32 Å². The number of nitrogens with zero attached hydrogens (tertiary/aromatic N) is 2. The number of para-hydroxylation sites is 1. The van der Waals surface area contributed by atoms with Gasteiger partial charge in [0.2, 0.25) is 5.91 Å². The number of fused-ring (bicyclic) bond motifs is 1. The molecule has 1 aromatic heterocycles. The van der Waals surface area contributed by atoms with Gasteiger partial charge in [-0.2, -0.15) is 13.2 Å². The van der Waals surface area contributed by atoms with Crippen molar-refractivity contribution in [2.45, 2.75) is 18.3 Å². The average Bonchev–Trinajstić information content (AvgIpc) is 2.77. The fourth-order valence-electron chi connectivity index (χ4n) is 3.31. The van der Waals surface area contributed by atoms with Crippen molar-refractivity contribution in [2.24, 2.45) is 0 Å². The molecule has 1 heterocycles. The van der Waals surface area contributed by atoms with Crippen molar-refractivity contribution in [3.63, 3.8) is 0 Å². The summed E-state index contributed by atoms with van der Waals surface area (Å²) in [6.07, 6.45) is -4.56. The van der Waals surface area contributed by atoms with Gasteiger partial charge in [-0.05, 0) is 55.0 Å². The summed E-state index contributed by atoms with van der Waals surface area (Å²) in [4.78, 5) is 30.2. The zero-order valence-corrected chi connectivity index (χ0v) is 18.2. The van der Waals surface area contributed by atoms with Crippen LogP contribution in [0.1, 0.15) is 11.1 Å². The lowest BCUT2D eigenvalue weighted by Crippen LogP contribution is -2.23. The van der Waals surface area contributed by atoms with Crippen LogP contribution in [0.5, 0.6) is 0 Å². The molecule has 4 aromatic rings. The lowest BCUT2D eigenvalue weighted by Gasteiger charge is -2.15. The second-order valence-corrected chi connectivity index (χ2v) is 8.25. The highest BCUT2D eigenvalue weighted by atomic mass is 32.2. The summed E-state index contributed by atoms with van der Waals surface area (Å²) in [5.74, 6) is -0.416. The van der Waals surface area contributed by atoms with Gasteiger partial charge in [0.1, 0.15) is 0 Å². The van der Waals surface area contributed by atoms with Crippen molar-refractivity contribution in [1.29, 1.82) is 0 Å². The van der Waals surface area contributed by atoms with Crippen LogP contribution >= 0.6 is 11.8 Å². The number of aromatic nitrogens is 2. The predicted octanol–water partition coefficient (Wildman–Crippen LogP) is 5.44. The minimum Gasteiger partial charge on any atom is -0.325 e. The number of halogens is 3. The minimum absolute atomic E-state index is 0.0228. The third-order valence-electron chi connectivity index (χ3n) is 4.81. The Morgan fingerprint density at radius 3 is 2.55 bits per heavy atom. The highest BCUT2D eigenvalue weighted by Gasteiger charge is 2.31. The summed E-state index contributed by atoms with van der Waals surface area (Å²) in [7, 11) is 0. The van der Waals surface area contributed by atoms with Crippen molar-refractivity contribution >= 4 is 34.3 Å². The van der Waals surface area contributed by atoms with Crippen LogP contribution in [-0.4, -0.2) is 21.2 Å². The molecule has 9 heteroatoms. The number of carbonyl (C=O) groups is 1. The van der Waals surface area contributed by atoms with E-state index in [1.54, 1.807) is 30.3 Å². The first kappa shape index (κ1) is 22.6. The van der Waals surface area contributed by atoms with Gasteiger partial charge >= 0.3 is 6.18 Å². The maximum Gasteiger partial charge on any atom is 0.416 e. The van der Waals surface area contributed by atoms with E-state index in [0.29, 0.717) is 11.2 Å². The van der Waals surface area contributed by atoms with Gasteiger partial charge in [-0.1, -0.05) is 42.1 Å². The minimum atomic E-state index is -4.56. The molecular formula is C24H18F3N3O2S. The lowest BCUT2D eigenvalue weighted by molar-refractivity contribution is -0.137. The molecule has 0 radical (unpaired) electrons. The fraction of sp³-hybridized carbons (Fsp3) is 0.125. The van der Waals surface area contributed by atoms with Gasteiger partial charge in [-0.3, -0.25) is 14.2 Å². The van der Waals surface area contributed by atoms with E-state index in [4.69, 9.17) is 0 Å². The second kappa shape index (κ2) is 9.11. The summed E-state index contributed by atoms with van der Waals surface area (Å²) in [5, 5.41) is 3.16. The second-order valence-electron chi connectivity index (χ2n) is 7.31. The molecule has 0 aliphatic heterocycles. The first-order chi connectivity index (χ1) is 15.7. The normalized spacial score (nSPS) is 11.5. The molecule has 168 valence electrons. The molecule has 5 nitrogen and oxygen atoms in total. The van der Waals surface area contributed by atoms with Crippen molar-refractivity contribution < 1.29 is 18.0 Å². The maximum absolute atomic E-state index is 13.3. The van der Waals surface area contributed by atoms with Gasteiger partial charge in [0.05, 0.1) is 27.9 Å². The zero-order valence-electron chi connectivity index (χ0n) is 17.4. The van der Waals surface area contributed by atoms with Gasteiger partial charge in [0.15, 0.2) is 5.16 Å². The molecule has 0 atom stereocenters. The van der Waals surface area contributed by atoms with E-state index in [0.717, 1.165) is 34.0 Å². The smallest absolute Gasteiger partial charge is 0.325 e. The monoisotopic (exact) mass is 469 g/mol. The molecule has 0 spiro atoms. The number of carbonyl (C=O) groups excluding carboxylic acids is 1. The molecule has 33 heavy (non-hydrogen) atoms. The number of hydrogen-bond donors (Lipinski definition) is 1. The number of rotatable bonds is 5. The Morgan fingerprint density at radius 1 is 1.03 bits per heavy atom. The third kappa shape index (κ3) is 5.09. The lowest BCUT2D eigenvalue weighted by atomic mass is 10.2. The van der Waals surface area contributed by atoms with Crippen LogP contribution in [0.3, 0.4) is 0 Å². The summed E-state index contributed by atoms with van der Waals surface area (Å²) in [6.45, 7) is 1.90. The van der Waals surface area contributed by atoms with Crippen molar-refractivity contribution in [3.8, 4) is 5.69 Å². The number of nitrogens with one attached hydrogen (secondary N) is 1. The number of benzene rings is 3. The molecule has 3 aromatic carbocycles. The molecule has 1 amide bonds. The molecule has 0 bridgehead atoms. The first-order valence-corrected chi connectivity index (χ1v) is 10.9. The number of hydrogen-bond acceptors (Lipinski definition) is 4. The van der Waals surface area contributed by atoms with Crippen molar-refractivity contribution in [3.05, 3.63) is 94.3 Å². The summed E-state index contributed by atoms with van der Waals surface area (Å²) >= 11 is 0.974. The topological polar surface area (TPSA) is 64.0 Å². The Labute approximate surface area is 191 Å². The largest absolute Gasteiger partial charge is 0.416 e. The molecule has 0 saturated heterocycles. The van der Waals surface area contributed by atoms with E-state index < -0.39 is 17.3 Å². The van der Waals surface area contributed by atoms with Gasteiger partial charge in [0, 0.05) is 5.69 Å². The van der Waals surface area contributed by atoms with E-state index in [2.05, 4.69) is 10.3 Å². The molecule has 0 saturated carbocycles. The van der Waals surface area contributed by atoms with Crippen LogP contribution in [0.4, 0.5) is 18.9 Å². The van der Waals surface area contributed by atoms with Crippen LogP contribution in [0.25, 0.3) is 16.6 Å². The average molecular weight is 469 g/mol. The van der Waals surface area contributed by atoms with Crippen molar-refractivity contribution in [2.75, 3.05) is 11.1 Å². The van der Waals surface area contributed by atoms with Crippen LogP contribution in [0, 0.1) is 6.92 Å². The number of alkyl halides is 3. The van der Waals surface area contributed by atoms with E-state index in [1.807, 2.05) is 25.1 Å². The first-order valence-electron chi connectivity index (χ1n) is 9.91. The highest BCUT2D eigenvalue weighted by Crippen LogP contribution is 2.31. The maximum atomic E-state index is 13.3. The summed E-state index contributed by atoms with van der Waals surface area (Å²) in [6, 6.07) is 18.3. The zero-order chi connectivity index (χ0) is 23.6. The Hall–Kier alpha value is -3.59. The number of thioether (sulfide) groups is 1. The molecule has 0 aliphatic carbocycles.